The molecule has 32 heavy (non-hydrogen) atoms. The fourth-order valence-corrected chi connectivity index (χ4v) is 6.67. The highest BCUT2D eigenvalue weighted by molar-refractivity contribution is 7.26. The molecule has 7 aromatic rings. The smallest absolute Gasteiger partial charge is 0.0442 e. The van der Waals surface area contributed by atoms with Crippen LogP contribution in [-0.4, -0.2) is 0 Å². The summed E-state index contributed by atoms with van der Waals surface area (Å²) in [4.78, 5) is 0. The second-order valence-corrected chi connectivity index (χ2v) is 9.64. The Morgan fingerprint density at radius 2 is 1.16 bits per heavy atom. The predicted octanol–water partition coefficient (Wildman–Crippen LogP) is 9.49. The van der Waals surface area contributed by atoms with Crippen LogP contribution in [0.4, 0.5) is 0 Å². The lowest BCUT2D eigenvalue weighted by molar-refractivity contribution is 1.58. The lowest BCUT2D eigenvalue weighted by Crippen LogP contribution is -1.87. The molecule has 0 bridgehead atoms. The molecule has 0 atom stereocenters. The molecule has 0 saturated carbocycles. The minimum Gasteiger partial charge on any atom is -0.134 e. The number of benzene rings is 6. The van der Waals surface area contributed by atoms with Gasteiger partial charge in [-0.25, -0.2) is 0 Å². The standard InChI is InChI=1S/C31H20S/c1-19-17-27-23-16-15-21(20-9-3-2-4-10-20)18-26(23)22-11-5-6-12-24(22)30(27)31-29(19)25-13-7-8-14-28(25)32-31/h2-18H,1H3. The third kappa shape index (κ3) is 2.43. The number of hydrogen-bond acceptors (Lipinski definition) is 1. The Morgan fingerprint density at radius 3 is 2.00 bits per heavy atom. The molecule has 0 aliphatic heterocycles. The maximum absolute atomic E-state index is 2.41. The van der Waals surface area contributed by atoms with Crippen LogP contribution in [0.2, 0.25) is 0 Å². The van der Waals surface area contributed by atoms with Crippen molar-refractivity contribution in [3.05, 3.63) is 109 Å². The van der Waals surface area contributed by atoms with Gasteiger partial charge in [-0.15, -0.1) is 11.3 Å². The second-order valence-electron chi connectivity index (χ2n) is 8.59. The van der Waals surface area contributed by atoms with Gasteiger partial charge in [0.15, 0.2) is 0 Å². The zero-order valence-electron chi connectivity index (χ0n) is 17.7. The molecule has 0 radical (unpaired) electrons. The molecule has 0 spiro atoms. The van der Waals surface area contributed by atoms with Crippen LogP contribution in [0.25, 0.3) is 63.6 Å². The van der Waals surface area contributed by atoms with E-state index in [1.54, 1.807) is 0 Å². The molecule has 0 unspecified atom stereocenters. The number of thiophene rings is 1. The SMILES string of the molecule is Cc1cc2c3ccc(-c4ccccc4)cc3c3ccccc3c2c2sc3ccccc3c12. The average molecular weight is 425 g/mol. The van der Waals surface area contributed by atoms with E-state index in [1.807, 2.05) is 11.3 Å². The van der Waals surface area contributed by atoms with Gasteiger partial charge in [0.25, 0.3) is 0 Å². The lowest BCUT2D eigenvalue weighted by atomic mass is 9.90. The molecule has 0 N–H and O–H groups in total. The van der Waals surface area contributed by atoms with Gasteiger partial charge in [-0.3, -0.25) is 0 Å². The van der Waals surface area contributed by atoms with E-state index >= 15 is 0 Å². The summed E-state index contributed by atoms with van der Waals surface area (Å²) in [6, 6.07) is 37.8. The molecule has 0 aliphatic rings. The van der Waals surface area contributed by atoms with E-state index in [4.69, 9.17) is 0 Å². The van der Waals surface area contributed by atoms with Crippen molar-refractivity contribution in [3.63, 3.8) is 0 Å². The Balaban J connectivity index is 1.71. The summed E-state index contributed by atoms with van der Waals surface area (Å²) in [6.45, 7) is 2.26. The zero-order valence-corrected chi connectivity index (χ0v) is 18.5. The van der Waals surface area contributed by atoms with Crippen molar-refractivity contribution in [3.8, 4) is 11.1 Å². The third-order valence-electron chi connectivity index (χ3n) is 6.75. The molecule has 150 valence electrons. The van der Waals surface area contributed by atoms with Crippen LogP contribution in [-0.2, 0) is 0 Å². The van der Waals surface area contributed by atoms with Crippen molar-refractivity contribution < 1.29 is 0 Å². The van der Waals surface area contributed by atoms with E-state index in [2.05, 4.69) is 110 Å². The molecule has 0 saturated heterocycles. The first-order valence-electron chi connectivity index (χ1n) is 11.0. The highest BCUT2D eigenvalue weighted by Gasteiger charge is 2.16. The number of hydrogen-bond donors (Lipinski definition) is 0. The summed E-state index contributed by atoms with van der Waals surface area (Å²) in [5.74, 6) is 0. The van der Waals surface area contributed by atoms with E-state index < -0.39 is 0 Å². The second kappa shape index (κ2) is 6.66. The molecule has 0 nitrogen and oxygen atoms in total. The van der Waals surface area contributed by atoms with Crippen molar-refractivity contribution >= 4 is 63.8 Å². The van der Waals surface area contributed by atoms with Crippen molar-refractivity contribution in [1.29, 1.82) is 0 Å². The highest BCUT2D eigenvalue weighted by Crippen LogP contribution is 2.46. The van der Waals surface area contributed by atoms with Gasteiger partial charge in [0.05, 0.1) is 0 Å². The topological polar surface area (TPSA) is 0 Å². The molecular weight excluding hydrogens is 404 g/mol. The maximum Gasteiger partial charge on any atom is 0.0442 e. The summed E-state index contributed by atoms with van der Waals surface area (Å²) >= 11 is 1.93. The van der Waals surface area contributed by atoms with Crippen molar-refractivity contribution in [2.45, 2.75) is 6.92 Å². The van der Waals surface area contributed by atoms with Gasteiger partial charge < -0.3 is 0 Å². The molecule has 1 aromatic heterocycles. The van der Waals surface area contributed by atoms with Crippen LogP contribution in [0.3, 0.4) is 0 Å². The Hall–Kier alpha value is -3.68. The quantitative estimate of drug-likeness (QED) is 0.230. The average Bonchev–Trinajstić information content (AvgIpc) is 3.24. The summed E-state index contributed by atoms with van der Waals surface area (Å²) in [5.41, 5.74) is 3.88. The van der Waals surface area contributed by atoms with Gasteiger partial charge in [-0.1, -0.05) is 91.0 Å². The molecule has 0 fully saturated rings. The Kier molecular flexibility index (Phi) is 3.73. The van der Waals surface area contributed by atoms with Crippen LogP contribution < -0.4 is 0 Å². The number of fused-ring (bicyclic) bond motifs is 10. The van der Waals surface area contributed by atoms with Gasteiger partial charge in [0, 0.05) is 25.6 Å². The molecular formula is C31H20S. The zero-order chi connectivity index (χ0) is 21.2. The maximum atomic E-state index is 2.41. The first-order chi connectivity index (χ1) is 15.8. The van der Waals surface area contributed by atoms with E-state index in [-0.39, 0.29) is 0 Å². The summed E-state index contributed by atoms with van der Waals surface area (Å²) in [6.07, 6.45) is 0. The fraction of sp³-hybridized carbons (Fsp3) is 0.0323. The van der Waals surface area contributed by atoms with Crippen molar-refractivity contribution in [1.82, 2.24) is 0 Å². The minimum atomic E-state index is 1.26. The van der Waals surface area contributed by atoms with Crippen molar-refractivity contribution in [2.24, 2.45) is 0 Å². The molecule has 0 amide bonds. The highest BCUT2D eigenvalue weighted by atomic mass is 32.1. The largest absolute Gasteiger partial charge is 0.134 e. The number of rotatable bonds is 1. The fourth-order valence-electron chi connectivity index (χ4n) is 5.32. The minimum absolute atomic E-state index is 1.26. The van der Waals surface area contributed by atoms with Crippen LogP contribution in [0, 0.1) is 6.92 Å². The number of aryl methyl sites for hydroxylation is 1. The lowest BCUT2D eigenvalue weighted by Gasteiger charge is -2.14. The van der Waals surface area contributed by atoms with Crippen LogP contribution in [0.15, 0.2) is 103 Å². The monoisotopic (exact) mass is 424 g/mol. The normalized spacial score (nSPS) is 11.9. The Labute approximate surface area is 190 Å². The molecule has 6 aromatic carbocycles. The van der Waals surface area contributed by atoms with E-state index in [1.165, 1.54) is 69.2 Å². The molecule has 1 heteroatoms. The van der Waals surface area contributed by atoms with Crippen LogP contribution in [0.1, 0.15) is 5.56 Å². The molecule has 1 heterocycles. The molecule has 0 aliphatic carbocycles. The predicted molar refractivity (Wildman–Crippen MR) is 142 cm³/mol. The van der Waals surface area contributed by atoms with Gasteiger partial charge in [-0.2, -0.15) is 0 Å². The van der Waals surface area contributed by atoms with Gasteiger partial charge in [-0.05, 0) is 62.7 Å². The van der Waals surface area contributed by atoms with E-state index in [0.29, 0.717) is 0 Å². The first-order valence-corrected chi connectivity index (χ1v) is 11.9. The van der Waals surface area contributed by atoms with Crippen molar-refractivity contribution in [2.75, 3.05) is 0 Å². The summed E-state index contributed by atoms with van der Waals surface area (Å²) in [7, 11) is 0. The Bertz CT molecular complexity index is 1820. The Morgan fingerprint density at radius 1 is 0.469 bits per heavy atom. The van der Waals surface area contributed by atoms with Crippen LogP contribution in [0.5, 0.6) is 0 Å². The summed E-state index contributed by atoms with van der Waals surface area (Å²) < 4.78 is 2.77. The third-order valence-corrected chi connectivity index (χ3v) is 7.94. The van der Waals surface area contributed by atoms with Gasteiger partial charge >= 0.3 is 0 Å². The molecule has 7 rings (SSSR count). The van der Waals surface area contributed by atoms with E-state index in [0.717, 1.165) is 0 Å². The summed E-state index contributed by atoms with van der Waals surface area (Å²) in [5, 5.41) is 10.9. The first kappa shape index (κ1) is 17.9. The van der Waals surface area contributed by atoms with Crippen LogP contribution >= 0.6 is 11.3 Å². The van der Waals surface area contributed by atoms with Gasteiger partial charge in [0.1, 0.15) is 0 Å². The van der Waals surface area contributed by atoms with E-state index in [9.17, 15) is 0 Å². The van der Waals surface area contributed by atoms with Gasteiger partial charge in [0.2, 0.25) is 0 Å².